The molecular formula is C22H26N2O3S. The number of hydrogen-bond acceptors (Lipinski definition) is 4. The Morgan fingerprint density at radius 2 is 2.14 bits per heavy atom. The van der Waals surface area contributed by atoms with E-state index in [1.807, 2.05) is 41.5 Å². The van der Waals surface area contributed by atoms with Crippen LogP contribution < -0.4 is 5.32 Å². The number of morpholine rings is 1. The normalized spacial score (nSPS) is 19.2. The SMILES string of the molecule is Cc1cccc(NC(=O)CC2COCCN2C(=O)c2csc3c2CCCC3)c1. The molecule has 0 radical (unpaired) electrons. The molecule has 2 aliphatic rings. The van der Waals surface area contributed by atoms with Crippen LogP contribution in [0.5, 0.6) is 0 Å². The van der Waals surface area contributed by atoms with Crippen LogP contribution in [0.25, 0.3) is 0 Å². The zero-order chi connectivity index (χ0) is 19.5. The molecule has 0 spiro atoms. The summed E-state index contributed by atoms with van der Waals surface area (Å²) in [4.78, 5) is 29.1. The van der Waals surface area contributed by atoms with Crippen molar-refractivity contribution < 1.29 is 14.3 Å². The second-order valence-corrected chi connectivity index (χ2v) is 8.57. The van der Waals surface area contributed by atoms with Crippen LogP contribution >= 0.6 is 11.3 Å². The van der Waals surface area contributed by atoms with Gasteiger partial charge in [0, 0.05) is 28.9 Å². The standard InChI is InChI=1S/C22H26N2O3S/c1-15-5-4-6-16(11-15)23-21(25)12-17-13-27-10-9-24(17)22(26)19-14-28-20-8-3-2-7-18(19)20/h4-6,11,14,17H,2-3,7-10,12-13H2,1H3,(H,23,25). The van der Waals surface area contributed by atoms with E-state index in [0.29, 0.717) is 19.8 Å². The first-order valence-corrected chi connectivity index (χ1v) is 10.8. The number of rotatable bonds is 4. The van der Waals surface area contributed by atoms with Crippen LogP contribution in [0.15, 0.2) is 29.6 Å². The molecule has 6 heteroatoms. The van der Waals surface area contributed by atoms with Crippen molar-refractivity contribution in [2.45, 2.75) is 45.1 Å². The Hall–Kier alpha value is -2.18. The highest BCUT2D eigenvalue weighted by Gasteiger charge is 2.32. The maximum Gasteiger partial charge on any atom is 0.255 e. The summed E-state index contributed by atoms with van der Waals surface area (Å²) in [6.45, 7) is 3.45. The van der Waals surface area contributed by atoms with Crippen LogP contribution in [0.2, 0.25) is 0 Å². The minimum absolute atomic E-state index is 0.0519. The van der Waals surface area contributed by atoms with E-state index in [1.165, 1.54) is 16.9 Å². The van der Waals surface area contributed by atoms with E-state index in [0.717, 1.165) is 36.1 Å². The molecule has 1 fully saturated rings. The maximum atomic E-state index is 13.3. The second-order valence-electron chi connectivity index (χ2n) is 7.61. The minimum Gasteiger partial charge on any atom is -0.377 e. The molecule has 148 valence electrons. The summed E-state index contributed by atoms with van der Waals surface area (Å²) < 4.78 is 5.59. The Kier molecular flexibility index (Phi) is 5.78. The van der Waals surface area contributed by atoms with Crippen LogP contribution in [0.4, 0.5) is 5.69 Å². The van der Waals surface area contributed by atoms with Gasteiger partial charge in [-0.05, 0) is 55.9 Å². The molecule has 1 aliphatic carbocycles. The lowest BCUT2D eigenvalue weighted by molar-refractivity contribution is -0.118. The van der Waals surface area contributed by atoms with Gasteiger partial charge in [0.25, 0.3) is 5.91 Å². The maximum absolute atomic E-state index is 13.3. The van der Waals surface area contributed by atoms with Crippen molar-refractivity contribution in [3.05, 3.63) is 51.2 Å². The van der Waals surface area contributed by atoms with Crippen molar-refractivity contribution in [2.24, 2.45) is 0 Å². The number of hydrogen-bond donors (Lipinski definition) is 1. The molecule has 1 saturated heterocycles. The number of amides is 2. The van der Waals surface area contributed by atoms with Gasteiger partial charge in [0.15, 0.2) is 0 Å². The van der Waals surface area contributed by atoms with Gasteiger partial charge >= 0.3 is 0 Å². The number of nitrogens with zero attached hydrogens (tertiary/aromatic N) is 1. The van der Waals surface area contributed by atoms with Crippen molar-refractivity contribution in [3.8, 4) is 0 Å². The van der Waals surface area contributed by atoms with E-state index >= 15 is 0 Å². The van der Waals surface area contributed by atoms with E-state index in [1.54, 1.807) is 11.3 Å². The van der Waals surface area contributed by atoms with Gasteiger partial charge in [-0.25, -0.2) is 0 Å². The topological polar surface area (TPSA) is 58.6 Å². The quantitative estimate of drug-likeness (QED) is 0.852. The number of thiophene rings is 1. The Labute approximate surface area is 169 Å². The van der Waals surface area contributed by atoms with Gasteiger partial charge in [-0.15, -0.1) is 11.3 Å². The summed E-state index contributed by atoms with van der Waals surface area (Å²) in [5, 5.41) is 4.96. The fraction of sp³-hybridized carbons (Fsp3) is 0.455. The lowest BCUT2D eigenvalue weighted by Crippen LogP contribution is -2.50. The average molecular weight is 399 g/mol. The fourth-order valence-corrected chi connectivity index (χ4v) is 5.19. The number of carbonyl (C=O) groups excluding carboxylic acids is 2. The van der Waals surface area contributed by atoms with Crippen LogP contribution in [0.1, 0.15) is 45.6 Å². The highest BCUT2D eigenvalue weighted by Crippen LogP contribution is 2.31. The van der Waals surface area contributed by atoms with Gasteiger partial charge in [0.1, 0.15) is 0 Å². The Bertz CT molecular complexity index is 876. The highest BCUT2D eigenvalue weighted by atomic mass is 32.1. The van der Waals surface area contributed by atoms with Crippen LogP contribution in [-0.4, -0.2) is 42.5 Å². The molecule has 1 aromatic heterocycles. The summed E-state index contributed by atoms with van der Waals surface area (Å²) in [6.07, 6.45) is 4.67. The van der Waals surface area contributed by atoms with Gasteiger partial charge in [0.2, 0.25) is 5.91 Å². The molecule has 0 saturated carbocycles. The van der Waals surface area contributed by atoms with Gasteiger partial charge in [-0.1, -0.05) is 12.1 Å². The number of anilines is 1. The largest absolute Gasteiger partial charge is 0.377 e. The third-order valence-electron chi connectivity index (χ3n) is 5.50. The molecule has 5 nitrogen and oxygen atoms in total. The molecule has 1 aromatic carbocycles. The van der Waals surface area contributed by atoms with E-state index in [-0.39, 0.29) is 24.3 Å². The van der Waals surface area contributed by atoms with E-state index in [9.17, 15) is 9.59 Å². The summed E-state index contributed by atoms with van der Waals surface area (Å²) in [6, 6.07) is 7.50. The van der Waals surface area contributed by atoms with E-state index in [2.05, 4.69) is 5.32 Å². The molecule has 2 heterocycles. The fourth-order valence-electron chi connectivity index (χ4n) is 4.07. The Morgan fingerprint density at radius 3 is 3.00 bits per heavy atom. The predicted octanol–water partition coefficient (Wildman–Crippen LogP) is 3.81. The molecule has 1 unspecified atom stereocenters. The van der Waals surface area contributed by atoms with Gasteiger partial charge in [-0.2, -0.15) is 0 Å². The third-order valence-corrected chi connectivity index (χ3v) is 6.59. The number of fused-ring (bicyclic) bond motifs is 1. The summed E-state index contributed by atoms with van der Waals surface area (Å²) in [7, 11) is 0. The number of carbonyl (C=O) groups is 2. The molecule has 4 rings (SSSR count). The molecule has 0 bridgehead atoms. The van der Waals surface area contributed by atoms with E-state index in [4.69, 9.17) is 4.74 Å². The lowest BCUT2D eigenvalue weighted by atomic mass is 9.95. The second kappa shape index (κ2) is 8.45. The van der Waals surface area contributed by atoms with Gasteiger partial charge in [0.05, 0.1) is 24.8 Å². The number of aryl methyl sites for hydroxylation is 2. The first-order chi connectivity index (χ1) is 13.6. The first kappa shape index (κ1) is 19.2. The van der Waals surface area contributed by atoms with Crippen LogP contribution in [0.3, 0.4) is 0 Å². The minimum atomic E-state index is -0.231. The average Bonchev–Trinajstić information content (AvgIpc) is 3.12. The molecule has 28 heavy (non-hydrogen) atoms. The third kappa shape index (κ3) is 4.13. The number of benzene rings is 1. The summed E-state index contributed by atoms with van der Waals surface area (Å²) in [5.74, 6) is -0.0395. The smallest absolute Gasteiger partial charge is 0.255 e. The van der Waals surface area contributed by atoms with Crippen molar-refractivity contribution >= 4 is 28.8 Å². The van der Waals surface area contributed by atoms with Crippen molar-refractivity contribution in [1.29, 1.82) is 0 Å². The van der Waals surface area contributed by atoms with Crippen molar-refractivity contribution in [1.82, 2.24) is 4.90 Å². The number of ether oxygens (including phenoxy) is 1. The van der Waals surface area contributed by atoms with Crippen LogP contribution in [-0.2, 0) is 22.4 Å². The number of nitrogens with one attached hydrogen (secondary N) is 1. The summed E-state index contributed by atoms with van der Waals surface area (Å²) >= 11 is 1.70. The Balaban J connectivity index is 1.46. The zero-order valence-electron chi connectivity index (χ0n) is 16.2. The molecule has 1 N–H and O–H groups in total. The predicted molar refractivity (Wildman–Crippen MR) is 111 cm³/mol. The monoisotopic (exact) mass is 398 g/mol. The molecule has 2 amide bonds. The zero-order valence-corrected chi connectivity index (χ0v) is 17.0. The molecule has 1 aliphatic heterocycles. The molecule has 1 atom stereocenters. The lowest BCUT2D eigenvalue weighted by Gasteiger charge is -2.35. The van der Waals surface area contributed by atoms with Gasteiger partial charge < -0.3 is 15.0 Å². The van der Waals surface area contributed by atoms with Crippen molar-refractivity contribution in [2.75, 3.05) is 25.1 Å². The van der Waals surface area contributed by atoms with E-state index < -0.39 is 0 Å². The first-order valence-electron chi connectivity index (χ1n) is 9.96. The summed E-state index contributed by atoms with van der Waals surface area (Å²) in [5.41, 5.74) is 3.95. The molecule has 2 aromatic rings. The van der Waals surface area contributed by atoms with Gasteiger partial charge in [-0.3, -0.25) is 9.59 Å². The van der Waals surface area contributed by atoms with Crippen LogP contribution in [0, 0.1) is 6.92 Å². The molecular weight excluding hydrogens is 372 g/mol. The highest BCUT2D eigenvalue weighted by molar-refractivity contribution is 7.10. The Morgan fingerprint density at radius 1 is 1.29 bits per heavy atom. The van der Waals surface area contributed by atoms with Crippen molar-refractivity contribution in [3.63, 3.8) is 0 Å².